The Morgan fingerprint density at radius 1 is 1.47 bits per heavy atom. The van der Waals surface area contributed by atoms with E-state index < -0.39 is 12.0 Å². The molecule has 0 saturated heterocycles. The maximum Gasteiger partial charge on any atom is 0.256 e. The van der Waals surface area contributed by atoms with E-state index in [0.29, 0.717) is 17.4 Å². The number of amides is 1. The maximum atomic E-state index is 11.9. The van der Waals surface area contributed by atoms with Gasteiger partial charge in [0.15, 0.2) is 0 Å². The van der Waals surface area contributed by atoms with Crippen molar-refractivity contribution in [1.82, 2.24) is 0 Å². The van der Waals surface area contributed by atoms with Gasteiger partial charge in [-0.1, -0.05) is 19.9 Å². The fraction of sp³-hybridized carbons (Fsp3) is 0.500. The highest BCUT2D eigenvalue weighted by atomic mass is 16.5. The van der Waals surface area contributed by atoms with Crippen LogP contribution in [0.5, 0.6) is 5.75 Å². The molecule has 106 valence electrons. The first-order chi connectivity index (χ1) is 8.92. The second-order valence-electron chi connectivity index (χ2n) is 4.73. The summed E-state index contributed by atoms with van der Waals surface area (Å²) in [5.74, 6) is 0.531. The Balaban J connectivity index is 3.09. The van der Waals surface area contributed by atoms with Gasteiger partial charge in [0.05, 0.1) is 12.8 Å². The Bertz CT molecular complexity index is 446. The van der Waals surface area contributed by atoms with Crippen LogP contribution in [-0.4, -0.2) is 37.8 Å². The molecule has 5 nitrogen and oxygen atoms in total. The Morgan fingerprint density at radius 3 is 2.58 bits per heavy atom. The molecular formula is C14H22N2O3. The Kier molecular flexibility index (Phi) is 5.32. The third kappa shape index (κ3) is 3.45. The number of carbonyl (C=O) groups excluding carboxylic acids is 1. The van der Waals surface area contributed by atoms with E-state index in [-0.39, 0.29) is 6.54 Å². The van der Waals surface area contributed by atoms with Gasteiger partial charge >= 0.3 is 0 Å². The number of nitrogens with two attached hydrogens (primary N) is 1. The summed E-state index contributed by atoms with van der Waals surface area (Å²) < 4.78 is 5.31. The number of aliphatic hydroxyl groups excluding tert-OH is 1. The Hall–Kier alpha value is -1.59. The van der Waals surface area contributed by atoms with E-state index in [0.717, 1.165) is 5.56 Å². The lowest BCUT2D eigenvalue weighted by atomic mass is 10.0. The first-order valence-electron chi connectivity index (χ1n) is 6.26. The van der Waals surface area contributed by atoms with E-state index in [2.05, 4.69) is 13.8 Å². The molecule has 1 atom stereocenters. The van der Waals surface area contributed by atoms with Gasteiger partial charge in [-0.15, -0.1) is 0 Å². The van der Waals surface area contributed by atoms with Gasteiger partial charge in [-0.05, 0) is 23.6 Å². The van der Waals surface area contributed by atoms with Crippen LogP contribution in [0.1, 0.15) is 25.3 Å². The zero-order valence-electron chi connectivity index (χ0n) is 11.9. The number of methoxy groups -OCH3 is 1. The average Bonchev–Trinajstić information content (AvgIpc) is 2.43. The maximum absolute atomic E-state index is 11.9. The molecule has 1 rings (SSSR count). The lowest BCUT2D eigenvalue weighted by Crippen LogP contribution is -2.40. The van der Waals surface area contributed by atoms with Gasteiger partial charge in [0.1, 0.15) is 11.9 Å². The van der Waals surface area contributed by atoms with Crippen LogP contribution in [-0.2, 0) is 4.79 Å². The van der Waals surface area contributed by atoms with Gasteiger partial charge < -0.3 is 20.5 Å². The molecule has 0 saturated carbocycles. The number of likely N-dealkylation sites (N-methyl/N-ethyl adjacent to an activating group) is 1. The van der Waals surface area contributed by atoms with Gasteiger partial charge in [-0.25, -0.2) is 0 Å². The molecule has 1 amide bonds. The summed E-state index contributed by atoms with van der Waals surface area (Å²) in [6, 6.07) is 5.66. The summed E-state index contributed by atoms with van der Waals surface area (Å²) >= 11 is 0. The molecule has 0 heterocycles. The van der Waals surface area contributed by atoms with Crippen LogP contribution in [0.2, 0.25) is 0 Å². The number of benzene rings is 1. The van der Waals surface area contributed by atoms with Gasteiger partial charge in [-0.2, -0.15) is 0 Å². The Morgan fingerprint density at radius 2 is 2.11 bits per heavy atom. The van der Waals surface area contributed by atoms with Crippen molar-refractivity contribution in [3.63, 3.8) is 0 Å². The van der Waals surface area contributed by atoms with Crippen molar-refractivity contribution >= 4 is 11.6 Å². The SMILES string of the molecule is COc1cc(C(C)C)ccc1N(C)C(=O)C(O)CN. The van der Waals surface area contributed by atoms with Crippen molar-refractivity contribution in [2.24, 2.45) is 5.73 Å². The minimum absolute atomic E-state index is 0.102. The quantitative estimate of drug-likeness (QED) is 0.837. The highest BCUT2D eigenvalue weighted by Crippen LogP contribution is 2.31. The van der Waals surface area contributed by atoms with Crippen LogP contribution in [0, 0.1) is 0 Å². The van der Waals surface area contributed by atoms with Crippen molar-refractivity contribution < 1.29 is 14.6 Å². The third-order valence-electron chi connectivity index (χ3n) is 3.07. The second-order valence-corrected chi connectivity index (χ2v) is 4.73. The second kappa shape index (κ2) is 6.54. The molecule has 1 unspecified atom stereocenters. The highest BCUT2D eigenvalue weighted by Gasteiger charge is 2.21. The molecule has 0 spiro atoms. The van der Waals surface area contributed by atoms with Crippen LogP contribution in [0.15, 0.2) is 18.2 Å². The number of ether oxygens (including phenoxy) is 1. The van der Waals surface area contributed by atoms with Crippen LogP contribution in [0.4, 0.5) is 5.69 Å². The number of anilines is 1. The fourth-order valence-corrected chi connectivity index (χ4v) is 1.77. The summed E-state index contributed by atoms with van der Waals surface area (Å²) in [5, 5.41) is 9.51. The van der Waals surface area contributed by atoms with Crippen LogP contribution in [0.25, 0.3) is 0 Å². The third-order valence-corrected chi connectivity index (χ3v) is 3.07. The summed E-state index contributed by atoms with van der Waals surface area (Å²) in [6.45, 7) is 4.07. The highest BCUT2D eigenvalue weighted by molar-refractivity contribution is 5.97. The molecule has 0 aromatic heterocycles. The predicted molar refractivity (Wildman–Crippen MR) is 75.6 cm³/mol. The first-order valence-corrected chi connectivity index (χ1v) is 6.26. The van der Waals surface area contributed by atoms with Gasteiger partial charge in [0.25, 0.3) is 5.91 Å². The number of rotatable bonds is 5. The van der Waals surface area contributed by atoms with E-state index >= 15 is 0 Å². The smallest absolute Gasteiger partial charge is 0.256 e. The molecule has 1 aromatic rings. The predicted octanol–water partition coefficient (Wildman–Crippen LogP) is 1.10. The standard InChI is InChI=1S/C14H22N2O3/c1-9(2)10-5-6-11(13(7-10)19-4)16(3)14(18)12(17)8-15/h5-7,9,12,17H,8,15H2,1-4H3. The normalized spacial score (nSPS) is 12.4. The summed E-state index contributed by atoms with van der Waals surface area (Å²) in [4.78, 5) is 13.3. The first kappa shape index (κ1) is 15.5. The molecular weight excluding hydrogens is 244 g/mol. The van der Waals surface area contributed by atoms with Gasteiger partial charge in [0, 0.05) is 13.6 Å². The fourth-order valence-electron chi connectivity index (χ4n) is 1.77. The summed E-state index contributed by atoms with van der Waals surface area (Å²) in [6.07, 6.45) is -1.19. The summed E-state index contributed by atoms with van der Waals surface area (Å²) in [5.41, 5.74) is 7.04. The Labute approximate surface area is 114 Å². The van der Waals surface area contributed by atoms with E-state index in [1.165, 1.54) is 4.90 Å². The lowest BCUT2D eigenvalue weighted by Gasteiger charge is -2.23. The van der Waals surface area contributed by atoms with Crippen molar-refractivity contribution in [2.75, 3.05) is 25.6 Å². The number of nitrogens with zero attached hydrogens (tertiary/aromatic N) is 1. The molecule has 0 radical (unpaired) electrons. The number of aliphatic hydroxyl groups is 1. The molecule has 0 bridgehead atoms. The van der Waals surface area contributed by atoms with Crippen LogP contribution < -0.4 is 15.4 Å². The zero-order valence-corrected chi connectivity index (χ0v) is 11.9. The monoisotopic (exact) mass is 266 g/mol. The van der Waals surface area contributed by atoms with Crippen molar-refractivity contribution in [2.45, 2.75) is 25.9 Å². The van der Waals surface area contributed by atoms with Crippen molar-refractivity contribution in [3.05, 3.63) is 23.8 Å². The minimum Gasteiger partial charge on any atom is -0.495 e. The molecule has 0 aliphatic rings. The molecule has 19 heavy (non-hydrogen) atoms. The molecule has 5 heteroatoms. The zero-order chi connectivity index (χ0) is 14.6. The summed E-state index contributed by atoms with van der Waals surface area (Å²) in [7, 11) is 3.15. The molecule has 1 aromatic carbocycles. The lowest BCUT2D eigenvalue weighted by molar-refractivity contribution is -0.125. The molecule has 0 fully saturated rings. The van der Waals surface area contributed by atoms with E-state index in [4.69, 9.17) is 10.5 Å². The van der Waals surface area contributed by atoms with E-state index in [1.807, 2.05) is 18.2 Å². The van der Waals surface area contributed by atoms with Gasteiger partial charge in [0.2, 0.25) is 0 Å². The van der Waals surface area contributed by atoms with Crippen molar-refractivity contribution in [1.29, 1.82) is 0 Å². The number of carbonyl (C=O) groups is 1. The van der Waals surface area contributed by atoms with Crippen molar-refractivity contribution in [3.8, 4) is 5.75 Å². The number of hydrogen-bond acceptors (Lipinski definition) is 4. The number of hydrogen-bond donors (Lipinski definition) is 2. The van der Waals surface area contributed by atoms with Crippen LogP contribution >= 0.6 is 0 Å². The van der Waals surface area contributed by atoms with Crippen LogP contribution in [0.3, 0.4) is 0 Å². The van der Waals surface area contributed by atoms with E-state index in [1.54, 1.807) is 14.2 Å². The molecule has 0 aliphatic heterocycles. The average molecular weight is 266 g/mol. The molecule has 3 N–H and O–H groups in total. The molecule has 0 aliphatic carbocycles. The minimum atomic E-state index is -1.19. The topological polar surface area (TPSA) is 75.8 Å². The van der Waals surface area contributed by atoms with E-state index in [9.17, 15) is 9.90 Å². The van der Waals surface area contributed by atoms with Gasteiger partial charge in [-0.3, -0.25) is 4.79 Å². The largest absolute Gasteiger partial charge is 0.495 e.